The summed E-state index contributed by atoms with van der Waals surface area (Å²) in [6, 6.07) is 7.14. The minimum Gasteiger partial charge on any atom is -0.507 e. The van der Waals surface area contributed by atoms with Crippen molar-refractivity contribution in [3.8, 4) is 11.5 Å². The van der Waals surface area contributed by atoms with E-state index < -0.39 is 0 Å². The van der Waals surface area contributed by atoms with Crippen LogP contribution in [0.3, 0.4) is 0 Å². The lowest BCUT2D eigenvalue weighted by molar-refractivity contribution is -0.0290. The monoisotopic (exact) mass is 355 g/mol. The summed E-state index contributed by atoms with van der Waals surface area (Å²) in [5.74, 6) is 0.325. The van der Waals surface area contributed by atoms with Gasteiger partial charge in [0.2, 0.25) is 0 Å². The molecule has 0 amide bonds. The molecule has 2 aromatic rings. The first-order chi connectivity index (χ1) is 12.8. The van der Waals surface area contributed by atoms with E-state index in [4.69, 9.17) is 9.47 Å². The lowest BCUT2D eigenvalue weighted by Crippen LogP contribution is -2.34. The third-order valence-electron chi connectivity index (χ3n) is 4.84. The van der Waals surface area contributed by atoms with Crippen LogP contribution in [0.4, 0.5) is 0 Å². The van der Waals surface area contributed by atoms with Crippen LogP contribution >= 0.6 is 0 Å². The number of phenolic OH excluding ortho intramolecular Hbond substituents is 1. The van der Waals surface area contributed by atoms with E-state index in [9.17, 15) is 9.90 Å². The molecule has 26 heavy (non-hydrogen) atoms. The molecule has 0 atom stereocenters. The van der Waals surface area contributed by atoms with Crippen molar-refractivity contribution < 1.29 is 19.4 Å². The SMILES string of the molecule is O=Cc1c(O)cccc1OCC1=C(c2ccnn2C2COC2)CNCC1. The van der Waals surface area contributed by atoms with Crippen molar-refractivity contribution in [2.75, 3.05) is 32.9 Å². The van der Waals surface area contributed by atoms with Gasteiger partial charge in [-0.05, 0) is 42.3 Å². The third kappa shape index (κ3) is 3.11. The lowest BCUT2D eigenvalue weighted by atomic mass is 9.99. The predicted octanol–water partition coefficient (Wildman–Crippen LogP) is 1.80. The van der Waals surface area contributed by atoms with Crippen LogP contribution in [-0.4, -0.2) is 54.1 Å². The van der Waals surface area contributed by atoms with Crippen molar-refractivity contribution in [1.29, 1.82) is 0 Å². The summed E-state index contributed by atoms with van der Waals surface area (Å²) in [5.41, 5.74) is 3.61. The van der Waals surface area contributed by atoms with E-state index in [0.717, 1.165) is 25.2 Å². The van der Waals surface area contributed by atoms with Crippen LogP contribution in [-0.2, 0) is 4.74 Å². The fourth-order valence-electron chi connectivity index (χ4n) is 3.31. The first kappa shape index (κ1) is 16.8. The number of aldehydes is 1. The van der Waals surface area contributed by atoms with Gasteiger partial charge in [-0.15, -0.1) is 0 Å². The molecule has 2 aliphatic heterocycles. The number of aromatic hydroxyl groups is 1. The number of hydrogen-bond donors (Lipinski definition) is 2. The molecule has 0 saturated carbocycles. The van der Waals surface area contributed by atoms with Crippen molar-refractivity contribution in [3.63, 3.8) is 0 Å². The van der Waals surface area contributed by atoms with Crippen LogP contribution in [0, 0.1) is 0 Å². The highest BCUT2D eigenvalue weighted by Crippen LogP contribution is 2.30. The van der Waals surface area contributed by atoms with Gasteiger partial charge < -0.3 is 19.9 Å². The van der Waals surface area contributed by atoms with Gasteiger partial charge in [-0.2, -0.15) is 5.10 Å². The van der Waals surface area contributed by atoms with Crippen molar-refractivity contribution in [3.05, 3.63) is 47.3 Å². The highest BCUT2D eigenvalue weighted by atomic mass is 16.5. The second kappa shape index (κ2) is 7.31. The number of benzene rings is 1. The second-order valence-electron chi connectivity index (χ2n) is 6.46. The zero-order valence-electron chi connectivity index (χ0n) is 14.4. The Morgan fingerprint density at radius 1 is 1.38 bits per heavy atom. The van der Waals surface area contributed by atoms with Gasteiger partial charge in [-0.3, -0.25) is 9.48 Å². The average Bonchev–Trinajstić information content (AvgIpc) is 3.07. The Balaban J connectivity index is 1.60. The van der Waals surface area contributed by atoms with Gasteiger partial charge >= 0.3 is 0 Å². The lowest BCUT2D eigenvalue weighted by Gasteiger charge is -2.30. The maximum atomic E-state index is 11.2. The molecule has 0 radical (unpaired) electrons. The van der Waals surface area contributed by atoms with Crippen LogP contribution in [0.5, 0.6) is 11.5 Å². The summed E-state index contributed by atoms with van der Waals surface area (Å²) >= 11 is 0. The molecule has 0 aliphatic carbocycles. The van der Waals surface area contributed by atoms with E-state index >= 15 is 0 Å². The maximum Gasteiger partial charge on any atom is 0.157 e. The summed E-state index contributed by atoms with van der Waals surface area (Å²) in [6.45, 7) is 3.37. The molecule has 136 valence electrons. The van der Waals surface area contributed by atoms with E-state index in [-0.39, 0.29) is 17.4 Å². The molecule has 0 bridgehead atoms. The van der Waals surface area contributed by atoms with Gasteiger partial charge in [0.25, 0.3) is 0 Å². The molecule has 7 heteroatoms. The number of carbonyl (C=O) groups excluding carboxylic acids is 1. The standard InChI is InChI=1S/C19H21N3O4/c23-9-16-18(24)2-1-3-19(16)26-10-13-4-6-20-8-15(13)17-5-7-21-22(17)14-11-25-12-14/h1-3,5,7,9,14,20,24H,4,6,8,10-12H2. The Labute approximate surface area is 151 Å². The summed E-state index contributed by atoms with van der Waals surface area (Å²) in [7, 11) is 0. The normalized spacial score (nSPS) is 17.8. The van der Waals surface area contributed by atoms with Crippen LogP contribution < -0.4 is 10.1 Å². The molecule has 2 N–H and O–H groups in total. The molecule has 1 fully saturated rings. The molecule has 0 unspecified atom stereocenters. The molecule has 1 aromatic heterocycles. The van der Waals surface area contributed by atoms with Crippen molar-refractivity contribution in [2.24, 2.45) is 0 Å². The molecule has 1 saturated heterocycles. The van der Waals surface area contributed by atoms with Crippen molar-refractivity contribution in [1.82, 2.24) is 15.1 Å². The van der Waals surface area contributed by atoms with Crippen LogP contribution in [0.25, 0.3) is 5.57 Å². The smallest absolute Gasteiger partial charge is 0.157 e. The minimum absolute atomic E-state index is 0.0694. The largest absolute Gasteiger partial charge is 0.507 e. The highest BCUT2D eigenvalue weighted by Gasteiger charge is 2.26. The Morgan fingerprint density at radius 3 is 3.04 bits per heavy atom. The molecule has 4 rings (SSSR count). The van der Waals surface area contributed by atoms with Gasteiger partial charge in [0, 0.05) is 12.7 Å². The molecule has 3 heterocycles. The minimum atomic E-state index is -0.0694. The fraction of sp³-hybridized carbons (Fsp3) is 0.368. The van der Waals surface area contributed by atoms with E-state index in [1.165, 1.54) is 17.2 Å². The van der Waals surface area contributed by atoms with Crippen molar-refractivity contribution in [2.45, 2.75) is 12.5 Å². The number of nitrogens with zero attached hydrogens (tertiary/aromatic N) is 2. The van der Waals surface area contributed by atoms with Crippen LogP contribution in [0.2, 0.25) is 0 Å². The molecular formula is C19H21N3O4. The first-order valence-electron chi connectivity index (χ1n) is 8.71. The number of ether oxygens (including phenoxy) is 2. The van der Waals surface area contributed by atoms with Crippen LogP contribution in [0.15, 0.2) is 36.0 Å². The van der Waals surface area contributed by atoms with Gasteiger partial charge in [0.15, 0.2) is 6.29 Å². The molecule has 7 nitrogen and oxygen atoms in total. The predicted molar refractivity (Wildman–Crippen MR) is 95.5 cm³/mol. The van der Waals surface area contributed by atoms with E-state index in [1.54, 1.807) is 12.1 Å². The van der Waals surface area contributed by atoms with E-state index in [1.807, 2.05) is 16.9 Å². The summed E-state index contributed by atoms with van der Waals surface area (Å²) in [4.78, 5) is 11.2. The van der Waals surface area contributed by atoms with Gasteiger partial charge in [0.1, 0.15) is 18.1 Å². The maximum absolute atomic E-state index is 11.2. The van der Waals surface area contributed by atoms with Gasteiger partial charge in [0.05, 0.1) is 30.5 Å². The molecule has 1 aromatic carbocycles. The topological polar surface area (TPSA) is 85.6 Å². The first-order valence-corrected chi connectivity index (χ1v) is 8.71. The zero-order chi connectivity index (χ0) is 17.9. The number of phenols is 1. The molecule has 0 spiro atoms. The van der Waals surface area contributed by atoms with Crippen molar-refractivity contribution >= 4 is 11.9 Å². The summed E-state index contributed by atoms with van der Waals surface area (Å²) < 4.78 is 13.2. The highest BCUT2D eigenvalue weighted by molar-refractivity contribution is 5.83. The number of carbonyl (C=O) groups is 1. The number of hydrogen-bond acceptors (Lipinski definition) is 6. The second-order valence-corrected chi connectivity index (χ2v) is 6.46. The van der Waals surface area contributed by atoms with Crippen LogP contribution in [0.1, 0.15) is 28.5 Å². The Kier molecular flexibility index (Phi) is 4.73. The zero-order valence-corrected chi connectivity index (χ0v) is 14.4. The Morgan fingerprint density at radius 2 is 2.27 bits per heavy atom. The van der Waals surface area contributed by atoms with E-state index in [0.29, 0.717) is 31.9 Å². The van der Waals surface area contributed by atoms with Gasteiger partial charge in [-0.1, -0.05) is 6.07 Å². The fourth-order valence-corrected chi connectivity index (χ4v) is 3.31. The number of nitrogens with one attached hydrogen (secondary N) is 1. The third-order valence-corrected chi connectivity index (χ3v) is 4.84. The van der Waals surface area contributed by atoms with E-state index in [2.05, 4.69) is 10.4 Å². The molecule has 2 aliphatic rings. The number of rotatable bonds is 6. The van der Waals surface area contributed by atoms with Gasteiger partial charge in [-0.25, -0.2) is 0 Å². The quantitative estimate of drug-likeness (QED) is 0.769. The summed E-state index contributed by atoms with van der Waals surface area (Å²) in [6.07, 6.45) is 3.29. The Bertz CT molecular complexity index is 839. The molecular weight excluding hydrogens is 334 g/mol. The Hall–Kier alpha value is -2.64. The summed E-state index contributed by atoms with van der Waals surface area (Å²) in [5, 5.41) is 17.7. The average molecular weight is 355 g/mol. The number of aromatic nitrogens is 2.